The summed E-state index contributed by atoms with van der Waals surface area (Å²) in [7, 11) is -2.90. The summed E-state index contributed by atoms with van der Waals surface area (Å²) in [6.07, 6.45) is 4.21. The van der Waals surface area contributed by atoms with E-state index < -0.39 is 15.4 Å². The smallest absolute Gasteiger partial charge is 0.407 e. The van der Waals surface area contributed by atoms with Gasteiger partial charge < -0.3 is 10.1 Å². The highest BCUT2D eigenvalue weighted by molar-refractivity contribution is 7.90. The van der Waals surface area contributed by atoms with Gasteiger partial charge in [0.15, 0.2) is 0 Å². The molecule has 0 bridgehead atoms. The summed E-state index contributed by atoms with van der Waals surface area (Å²) in [4.78, 5) is 11.6. The highest BCUT2D eigenvalue weighted by atomic mass is 32.2. The van der Waals surface area contributed by atoms with Crippen LogP contribution in [0.4, 0.5) is 4.79 Å². The maximum Gasteiger partial charge on any atom is 0.407 e. The number of ether oxygens (including phenoxy) is 1. The molecule has 0 aromatic heterocycles. The van der Waals surface area contributed by atoms with Gasteiger partial charge in [-0.2, -0.15) is 0 Å². The van der Waals surface area contributed by atoms with E-state index >= 15 is 0 Å². The van der Waals surface area contributed by atoms with Crippen LogP contribution in [0.5, 0.6) is 0 Å². The lowest BCUT2D eigenvalue weighted by molar-refractivity contribution is 0.0488. The Morgan fingerprint density at radius 2 is 1.74 bits per heavy atom. The van der Waals surface area contributed by atoms with Gasteiger partial charge in [-0.1, -0.05) is 0 Å². The van der Waals surface area contributed by atoms with Crippen LogP contribution in [-0.2, 0) is 14.6 Å². The van der Waals surface area contributed by atoms with Gasteiger partial charge in [-0.05, 0) is 52.4 Å². The first-order chi connectivity index (χ1) is 8.55. The molecule has 0 aromatic rings. The van der Waals surface area contributed by atoms with Crippen LogP contribution in [0, 0.1) is 5.92 Å². The quantitative estimate of drug-likeness (QED) is 0.864. The van der Waals surface area contributed by atoms with E-state index in [0.29, 0.717) is 0 Å². The molecule has 1 fully saturated rings. The second-order valence-electron chi connectivity index (χ2n) is 6.46. The number of carbonyl (C=O) groups excluding carboxylic acids is 1. The van der Waals surface area contributed by atoms with E-state index in [4.69, 9.17) is 4.74 Å². The van der Waals surface area contributed by atoms with E-state index in [-0.39, 0.29) is 23.8 Å². The summed E-state index contributed by atoms with van der Waals surface area (Å²) < 4.78 is 27.7. The number of carbonyl (C=O) groups is 1. The molecule has 6 heteroatoms. The van der Waals surface area contributed by atoms with Crippen molar-refractivity contribution in [1.29, 1.82) is 0 Å². The summed E-state index contributed by atoms with van der Waals surface area (Å²) in [6, 6.07) is 0.102. The zero-order valence-electron chi connectivity index (χ0n) is 12.2. The first kappa shape index (κ1) is 16.3. The van der Waals surface area contributed by atoms with E-state index in [2.05, 4.69) is 5.32 Å². The van der Waals surface area contributed by atoms with E-state index in [1.165, 1.54) is 6.26 Å². The third-order valence-electron chi connectivity index (χ3n) is 3.11. The standard InChI is InChI=1S/C13H25NO4S/c1-13(2,3)18-12(15)14-11-7-5-10(6-8-11)9-19(4,16)17/h10-11H,5-9H2,1-4H3,(H,14,15). The van der Waals surface area contributed by atoms with Gasteiger partial charge in [-0.25, -0.2) is 13.2 Å². The number of sulfone groups is 1. The SMILES string of the molecule is CC(C)(C)OC(=O)NC1CCC(CS(C)(=O)=O)CC1. The van der Waals surface area contributed by atoms with Crippen LogP contribution < -0.4 is 5.32 Å². The van der Waals surface area contributed by atoms with Crippen molar-refractivity contribution in [2.75, 3.05) is 12.0 Å². The van der Waals surface area contributed by atoms with Gasteiger partial charge in [-0.15, -0.1) is 0 Å². The van der Waals surface area contributed by atoms with Crippen LogP contribution in [0.25, 0.3) is 0 Å². The van der Waals surface area contributed by atoms with Crippen molar-refractivity contribution in [3.63, 3.8) is 0 Å². The minimum atomic E-state index is -2.90. The second kappa shape index (κ2) is 6.11. The summed E-state index contributed by atoms with van der Waals surface area (Å²) in [5, 5.41) is 2.85. The van der Waals surface area contributed by atoms with Gasteiger partial charge >= 0.3 is 6.09 Å². The molecule has 0 aliphatic heterocycles. The molecule has 0 saturated heterocycles. The number of amides is 1. The Hall–Kier alpha value is -0.780. The van der Waals surface area contributed by atoms with Gasteiger partial charge in [0, 0.05) is 12.3 Å². The highest BCUT2D eigenvalue weighted by Crippen LogP contribution is 2.25. The second-order valence-corrected chi connectivity index (χ2v) is 8.64. The molecule has 0 atom stereocenters. The normalized spacial score (nSPS) is 24.8. The molecule has 1 amide bonds. The molecular formula is C13H25NO4S. The van der Waals surface area contributed by atoms with Gasteiger partial charge in [-0.3, -0.25) is 0 Å². The molecule has 0 heterocycles. The Morgan fingerprint density at radius 1 is 1.21 bits per heavy atom. The van der Waals surface area contributed by atoms with E-state index in [1.54, 1.807) is 0 Å². The zero-order chi connectivity index (χ0) is 14.7. The third-order valence-corrected chi connectivity index (χ3v) is 4.18. The summed E-state index contributed by atoms with van der Waals surface area (Å²) in [5.74, 6) is 0.485. The molecule has 0 spiro atoms. The largest absolute Gasteiger partial charge is 0.444 e. The molecule has 1 N–H and O–H groups in total. The summed E-state index contributed by atoms with van der Waals surface area (Å²) in [6.45, 7) is 5.49. The molecule has 0 radical (unpaired) electrons. The van der Waals surface area contributed by atoms with Crippen molar-refractivity contribution in [1.82, 2.24) is 5.32 Å². The number of hydrogen-bond acceptors (Lipinski definition) is 4. The number of nitrogens with one attached hydrogen (secondary N) is 1. The van der Waals surface area contributed by atoms with Crippen LogP contribution in [-0.4, -0.2) is 38.2 Å². The van der Waals surface area contributed by atoms with Crippen molar-refractivity contribution < 1.29 is 17.9 Å². The molecule has 1 aliphatic carbocycles. The number of alkyl carbamates (subject to hydrolysis) is 1. The van der Waals surface area contributed by atoms with Gasteiger partial charge in [0.05, 0.1) is 5.75 Å². The van der Waals surface area contributed by atoms with Crippen LogP contribution in [0.3, 0.4) is 0 Å². The van der Waals surface area contributed by atoms with Crippen molar-refractivity contribution in [3.05, 3.63) is 0 Å². The van der Waals surface area contributed by atoms with E-state index in [1.807, 2.05) is 20.8 Å². The van der Waals surface area contributed by atoms with Gasteiger partial charge in [0.1, 0.15) is 15.4 Å². The molecule has 1 rings (SSSR count). The Balaban J connectivity index is 2.33. The first-order valence-electron chi connectivity index (χ1n) is 6.72. The molecular weight excluding hydrogens is 266 g/mol. The minimum Gasteiger partial charge on any atom is -0.444 e. The maximum absolute atomic E-state index is 11.6. The van der Waals surface area contributed by atoms with Crippen molar-refractivity contribution in [3.8, 4) is 0 Å². The van der Waals surface area contributed by atoms with Crippen LogP contribution in [0.15, 0.2) is 0 Å². The number of hydrogen-bond donors (Lipinski definition) is 1. The Bertz CT molecular complexity index is 403. The fourth-order valence-corrected chi connectivity index (χ4v) is 3.57. The topological polar surface area (TPSA) is 72.5 Å². The lowest BCUT2D eigenvalue weighted by atomic mass is 9.87. The monoisotopic (exact) mass is 291 g/mol. The molecule has 112 valence electrons. The summed E-state index contributed by atoms with van der Waals surface area (Å²) >= 11 is 0. The molecule has 0 unspecified atom stereocenters. The Labute approximate surface area is 116 Å². The molecule has 1 aliphatic rings. The fraction of sp³-hybridized carbons (Fsp3) is 0.923. The van der Waals surface area contributed by atoms with E-state index in [0.717, 1.165) is 25.7 Å². The lowest BCUT2D eigenvalue weighted by Gasteiger charge is -2.29. The Kier molecular flexibility index (Phi) is 5.24. The molecule has 0 aromatic carbocycles. The van der Waals surface area contributed by atoms with Gasteiger partial charge in [0.2, 0.25) is 0 Å². The van der Waals surface area contributed by atoms with Crippen LogP contribution in [0.1, 0.15) is 46.5 Å². The third kappa shape index (κ3) is 7.40. The van der Waals surface area contributed by atoms with Gasteiger partial charge in [0.25, 0.3) is 0 Å². The molecule has 5 nitrogen and oxygen atoms in total. The van der Waals surface area contributed by atoms with Crippen LogP contribution in [0.2, 0.25) is 0 Å². The molecule has 1 saturated carbocycles. The highest BCUT2D eigenvalue weighted by Gasteiger charge is 2.26. The predicted molar refractivity (Wildman–Crippen MR) is 74.8 cm³/mol. The maximum atomic E-state index is 11.6. The first-order valence-corrected chi connectivity index (χ1v) is 8.78. The molecule has 19 heavy (non-hydrogen) atoms. The van der Waals surface area contributed by atoms with Crippen molar-refractivity contribution >= 4 is 15.9 Å². The van der Waals surface area contributed by atoms with E-state index in [9.17, 15) is 13.2 Å². The van der Waals surface area contributed by atoms with Crippen molar-refractivity contribution in [2.45, 2.75) is 58.1 Å². The Morgan fingerprint density at radius 3 is 2.16 bits per heavy atom. The number of rotatable bonds is 3. The van der Waals surface area contributed by atoms with Crippen molar-refractivity contribution in [2.24, 2.45) is 5.92 Å². The average molecular weight is 291 g/mol. The average Bonchev–Trinajstić information content (AvgIpc) is 2.15. The minimum absolute atomic E-state index is 0.102. The predicted octanol–water partition coefficient (Wildman–Crippen LogP) is 2.11. The fourth-order valence-electron chi connectivity index (χ4n) is 2.38. The summed E-state index contributed by atoms with van der Waals surface area (Å²) in [5.41, 5.74) is -0.489. The van der Waals surface area contributed by atoms with Crippen LogP contribution >= 0.6 is 0 Å². The zero-order valence-corrected chi connectivity index (χ0v) is 13.0. The lowest BCUT2D eigenvalue weighted by Crippen LogP contribution is -2.41.